The van der Waals surface area contributed by atoms with Crippen molar-refractivity contribution in [1.29, 1.82) is 0 Å². The number of hydrogen-bond donors (Lipinski definition) is 1. The van der Waals surface area contributed by atoms with Crippen LogP contribution >= 0.6 is 0 Å². The number of para-hydroxylation sites is 1. The van der Waals surface area contributed by atoms with Crippen molar-refractivity contribution in [2.45, 2.75) is 44.9 Å². The van der Waals surface area contributed by atoms with Gasteiger partial charge in [-0.1, -0.05) is 42.5 Å². The first-order valence-corrected chi connectivity index (χ1v) is 11.5. The number of aliphatic carboxylic acids is 1. The van der Waals surface area contributed by atoms with Gasteiger partial charge < -0.3 is 19.0 Å². The standard InChI is InChI=1S/C27H26N2O6/c1-27(2,3)35-26(32)29-15-17(13-20(29)25(30)31)33-22-14-19(16-9-5-4-6-10-16)28-23-18-11-7-8-12-21(18)34-24(22)23/h4-12,14,17,20H,13,15H2,1-3H3,(H,30,31)/t17-,20+/m1/s1. The number of benzene rings is 2. The van der Waals surface area contributed by atoms with E-state index < -0.39 is 29.8 Å². The molecule has 2 atom stereocenters. The molecule has 0 unspecified atom stereocenters. The number of carbonyl (C=O) groups is 2. The number of carboxylic acids is 1. The van der Waals surface area contributed by atoms with E-state index in [2.05, 4.69) is 0 Å². The van der Waals surface area contributed by atoms with Gasteiger partial charge in [-0.3, -0.25) is 4.90 Å². The van der Waals surface area contributed by atoms with Crippen LogP contribution in [0, 0.1) is 0 Å². The lowest BCUT2D eigenvalue weighted by Gasteiger charge is -2.26. The number of pyridine rings is 1. The van der Waals surface area contributed by atoms with E-state index in [0.717, 1.165) is 10.9 Å². The SMILES string of the molecule is CC(C)(C)OC(=O)N1C[C@H](Oc2cc(-c3ccccc3)nc3c2oc2ccccc23)C[C@H]1C(=O)O. The quantitative estimate of drug-likeness (QED) is 0.417. The molecule has 1 N–H and O–H groups in total. The Kier molecular flexibility index (Phi) is 5.59. The maximum absolute atomic E-state index is 12.7. The summed E-state index contributed by atoms with van der Waals surface area (Å²) in [5.41, 5.74) is 2.69. The molecule has 2 aromatic carbocycles. The average Bonchev–Trinajstić information content (AvgIpc) is 3.41. The Balaban J connectivity index is 1.53. The zero-order valence-electron chi connectivity index (χ0n) is 19.7. The van der Waals surface area contributed by atoms with E-state index >= 15 is 0 Å². The third kappa shape index (κ3) is 4.51. The van der Waals surface area contributed by atoms with Gasteiger partial charge in [0.25, 0.3) is 0 Å². The third-order valence-corrected chi connectivity index (χ3v) is 5.83. The van der Waals surface area contributed by atoms with Gasteiger partial charge in [-0.05, 0) is 32.9 Å². The highest BCUT2D eigenvalue weighted by Crippen LogP contribution is 2.38. The minimum Gasteiger partial charge on any atom is -0.484 e. The number of furan rings is 1. The Hall–Kier alpha value is -4.07. The first-order valence-electron chi connectivity index (χ1n) is 11.5. The van der Waals surface area contributed by atoms with Crippen molar-refractivity contribution >= 4 is 34.1 Å². The molecular weight excluding hydrogens is 448 g/mol. The number of fused-ring (bicyclic) bond motifs is 3. The molecule has 1 saturated heterocycles. The van der Waals surface area contributed by atoms with Crippen LogP contribution in [0.25, 0.3) is 33.3 Å². The van der Waals surface area contributed by atoms with Gasteiger partial charge in [-0.15, -0.1) is 0 Å². The predicted octanol–water partition coefficient (Wildman–Crippen LogP) is 5.49. The fourth-order valence-corrected chi connectivity index (χ4v) is 4.32. The molecule has 3 heterocycles. The van der Waals surface area contributed by atoms with Gasteiger partial charge in [0.05, 0.1) is 12.2 Å². The molecule has 0 aliphatic carbocycles. The molecular formula is C27H26N2O6. The van der Waals surface area contributed by atoms with Gasteiger partial charge in [0.2, 0.25) is 0 Å². The van der Waals surface area contributed by atoms with Crippen molar-refractivity contribution in [2.24, 2.45) is 0 Å². The molecule has 1 aliphatic heterocycles. The molecule has 0 bridgehead atoms. The van der Waals surface area contributed by atoms with Crippen LogP contribution in [0.3, 0.4) is 0 Å². The number of hydrogen-bond acceptors (Lipinski definition) is 6. The van der Waals surface area contributed by atoms with Crippen molar-refractivity contribution in [3.8, 4) is 17.0 Å². The van der Waals surface area contributed by atoms with Crippen LogP contribution in [-0.2, 0) is 9.53 Å². The lowest BCUT2D eigenvalue weighted by atomic mass is 10.1. The van der Waals surface area contributed by atoms with E-state index in [-0.39, 0.29) is 13.0 Å². The zero-order chi connectivity index (χ0) is 24.7. The highest BCUT2D eigenvalue weighted by molar-refractivity contribution is 6.05. The number of aromatic nitrogens is 1. The molecule has 8 nitrogen and oxygen atoms in total. The second kappa shape index (κ2) is 8.61. The Morgan fingerprint density at radius 3 is 2.51 bits per heavy atom. The van der Waals surface area contributed by atoms with Crippen molar-refractivity contribution in [1.82, 2.24) is 9.88 Å². The van der Waals surface area contributed by atoms with Crippen LogP contribution in [0.1, 0.15) is 27.2 Å². The molecule has 2 aromatic heterocycles. The maximum Gasteiger partial charge on any atom is 0.411 e. The summed E-state index contributed by atoms with van der Waals surface area (Å²) in [6.07, 6.45) is -1.12. The van der Waals surface area contributed by atoms with Crippen LogP contribution in [0.2, 0.25) is 0 Å². The molecule has 1 aliphatic rings. The Morgan fingerprint density at radius 2 is 1.80 bits per heavy atom. The Labute approximate surface area is 202 Å². The molecule has 5 rings (SSSR count). The van der Waals surface area contributed by atoms with Crippen molar-refractivity contribution in [3.05, 3.63) is 60.7 Å². The number of likely N-dealkylation sites (tertiary alicyclic amines) is 1. The van der Waals surface area contributed by atoms with Crippen molar-refractivity contribution in [2.75, 3.05) is 6.54 Å². The number of ether oxygens (including phenoxy) is 2. The monoisotopic (exact) mass is 474 g/mol. The Bertz CT molecular complexity index is 1410. The molecule has 1 fully saturated rings. The molecule has 35 heavy (non-hydrogen) atoms. The molecule has 0 saturated carbocycles. The molecule has 180 valence electrons. The predicted molar refractivity (Wildman–Crippen MR) is 130 cm³/mol. The van der Waals surface area contributed by atoms with Crippen LogP contribution in [0.15, 0.2) is 65.1 Å². The van der Waals surface area contributed by atoms with Crippen LogP contribution < -0.4 is 4.74 Å². The largest absolute Gasteiger partial charge is 0.484 e. The number of rotatable bonds is 4. The van der Waals surface area contributed by atoms with Gasteiger partial charge in [0.15, 0.2) is 11.3 Å². The van der Waals surface area contributed by atoms with Gasteiger partial charge in [0.1, 0.15) is 28.8 Å². The normalized spacial score (nSPS) is 18.2. The van der Waals surface area contributed by atoms with Gasteiger partial charge in [-0.2, -0.15) is 0 Å². The van der Waals surface area contributed by atoms with Crippen LogP contribution in [0.5, 0.6) is 5.75 Å². The number of carboxylic acid groups (broad SMARTS) is 1. The minimum absolute atomic E-state index is 0.0800. The topological polar surface area (TPSA) is 102 Å². The second-order valence-corrected chi connectivity index (χ2v) is 9.61. The minimum atomic E-state index is -1.10. The summed E-state index contributed by atoms with van der Waals surface area (Å²) in [6, 6.07) is 18.1. The van der Waals surface area contributed by atoms with Gasteiger partial charge >= 0.3 is 12.1 Å². The van der Waals surface area contributed by atoms with Crippen LogP contribution in [-0.4, -0.2) is 51.3 Å². The first-order chi connectivity index (χ1) is 16.7. The zero-order valence-corrected chi connectivity index (χ0v) is 19.7. The number of carbonyl (C=O) groups excluding carboxylic acids is 1. The highest BCUT2D eigenvalue weighted by Gasteiger charge is 2.43. The molecule has 0 radical (unpaired) electrons. The Morgan fingerprint density at radius 1 is 1.09 bits per heavy atom. The van der Waals surface area contributed by atoms with Crippen LogP contribution in [0.4, 0.5) is 4.79 Å². The smallest absolute Gasteiger partial charge is 0.411 e. The maximum atomic E-state index is 12.7. The van der Waals surface area contributed by atoms with E-state index in [4.69, 9.17) is 18.9 Å². The summed E-state index contributed by atoms with van der Waals surface area (Å²) in [6.45, 7) is 5.30. The first kappa shape index (κ1) is 22.7. The molecule has 0 spiro atoms. The van der Waals surface area contributed by atoms with Gasteiger partial charge in [0, 0.05) is 23.4 Å². The molecule has 8 heteroatoms. The summed E-state index contributed by atoms with van der Waals surface area (Å²) < 4.78 is 17.8. The fourth-order valence-electron chi connectivity index (χ4n) is 4.32. The lowest BCUT2D eigenvalue weighted by molar-refractivity contribution is -0.142. The third-order valence-electron chi connectivity index (χ3n) is 5.83. The summed E-state index contributed by atoms with van der Waals surface area (Å²) >= 11 is 0. The second-order valence-electron chi connectivity index (χ2n) is 9.61. The summed E-state index contributed by atoms with van der Waals surface area (Å²) in [5.74, 6) is -0.652. The number of nitrogens with zero attached hydrogens (tertiary/aromatic N) is 2. The van der Waals surface area contributed by atoms with Crippen molar-refractivity contribution < 1.29 is 28.6 Å². The lowest BCUT2D eigenvalue weighted by Crippen LogP contribution is -2.43. The summed E-state index contributed by atoms with van der Waals surface area (Å²) in [4.78, 5) is 30.7. The van der Waals surface area contributed by atoms with E-state index in [0.29, 0.717) is 28.1 Å². The highest BCUT2D eigenvalue weighted by atomic mass is 16.6. The molecule has 1 amide bonds. The van der Waals surface area contributed by atoms with E-state index in [9.17, 15) is 14.7 Å². The van der Waals surface area contributed by atoms with E-state index in [1.54, 1.807) is 26.8 Å². The van der Waals surface area contributed by atoms with E-state index in [1.165, 1.54) is 4.90 Å². The summed E-state index contributed by atoms with van der Waals surface area (Å²) in [7, 11) is 0. The van der Waals surface area contributed by atoms with Gasteiger partial charge in [-0.25, -0.2) is 14.6 Å². The number of amides is 1. The molecule has 4 aromatic rings. The fraction of sp³-hybridized carbons (Fsp3) is 0.296. The van der Waals surface area contributed by atoms with E-state index in [1.807, 2.05) is 54.6 Å². The van der Waals surface area contributed by atoms with Crippen molar-refractivity contribution in [3.63, 3.8) is 0 Å². The summed E-state index contributed by atoms with van der Waals surface area (Å²) in [5, 5.41) is 10.6. The average molecular weight is 475 g/mol.